The van der Waals surface area contributed by atoms with Crippen molar-refractivity contribution in [3.63, 3.8) is 0 Å². The van der Waals surface area contributed by atoms with Gasteiger partial charge in [0.2, 0.25) is 0 Å². The van der Waals surface area contributed by atoms with E-state index in [9.17, 15) is 13.9 Å². The van der Waals surface area contributed by atoms with Gasteiger partial charge in [-0.05, 0) is 19.4 Å². The summed E-state index contributed by atoms with van der Waals surface area (Å²) in [5.74, 6) is -1.81. The van der Waals surface area contributed by atoms with Crippen LogP contribution in [0.5, 0.6) is 5.75 Å². The molecule has 1 aromatic carbocycles. The van der Waals surface area contributed by atoms with Crippen LogP contribution in [-0.2, 0) is 6.42 Å². The van der Waals surface area contributed by atoms with E-state index < -0.39 is 17.4 Å². The summed E-state index contributed by atoms with van der Waals surface area (Å²) in [7, 11) is 0. The number of phenols is 1. The van der Waals surface area contributed by atoms with E-state index in [1.54, 1.807) is 6.92 Å². The summed E-state index contributed by atoms with van der Waals surface area (Å²) in [5, 5.41) is 9.27. The number of nitrogens with two attached hydrogens (primary N) is 1. The monoisotopic (exact) mass is 212 g/mol. The molecule has 0 atom stereocenters. The lowest BCUT2D eigenvalue weighted by molar-refractivity contribution is 0.421. The second-order valence-electron chi connectivity index (χ2n) is 3.17. The molecular weight excluding hydrogens is 200 g/mol. The number of hydrogen-bond acceptors (Lipinski definition) is 2. The van der Waals surface area contributed by atoms with Crippen molar-refractivity contribution in [3.8, 4) is 5.75 Å². The van der Waals surface area contributed by atoms with E-state index in [4.69, 9.17) is 5.73 Å². The summed E-state index contributed by atoms with van der Waals surface area (Å²) >= 11 is 0. The zero-order valence-corrected chi connectivity index (χ0v) is 8.30. The fraction of sp³-hybridized carbons (Fsp3) is 0.300. The molecule has 0 aliphatic carbocycles. The Balaban J connectivity index is 2.81. The van der Waals surface area contributed by atoms with Crippen LogP contribution in [0.2, 0.25) is 0 Å². The number of rotatable bonds is 3. The first kappa shape index (κ1) is 11.4. The van der Waals surface area contributed by atoms with Gasteiger partial charge in [-0.3, -0.25) is 4.99 Å². The van der Waals surface area contributed by atoms with E-state index in [0.29, 0.717) is 18.4 Å². The zero-order chi connectivity index (χ0) is 11.4. The molecule has 0 spiro atoms. The van der Waals surface area contributed by atoms with Gasteiger partial charge in [0, 0.05) is 18.2 Å². The number of aromatic hydroxyl groups is 1. The molecule has 0 amide bonds. The van der Waals surface area contributed by atoms with Crippen molar-refractivity contribution in [3.05, 3.63) is 29.3 Å². The maximum Gasteiger partial charge on any atom is 0.168 e. The number of benzene rings is 1. The predicted octanol–water partition coefficient (Wildman–Crippen LogP) is 1.59. The lowest BCUT2D eigenvalue weighted by atomic mass is 10.1. The van der Waals surface area contributed by atoms with Crippen molar-refractivity contribution in [2.24, 2.45) is 10.7 Å². The number of aliphatic imine (C=N–C) groups is 1. The van der Waals surface area contributed by atoms with Gasteiger partial charge in [0.15, 0.2) is 11.6 Å². The van der Waals surface area contributed by atoms with Crippen LogP contribution in [0.25, 0.3) is 0 Å². The molecule has 1 rings (SSSR count). The van der Waals surface area contributed by atoms with Crippen molar-refractivity contribution in [2.45, 2.75) is 13.3 Å². The highest BCUT2D eigenvalue weighted by Gasteiger charge is 2.09. The van der Waals surface area contributed by atoms with Crippen LogP contribution in [0.4, 0.5) is 8.78 Å². The molecule has 0 aliphatic rings. The van der Waals surface area contributed by atoms with Gasteiger partial charge in [0.1, 0.15) is 5.82 Å². The molecule has 0 fully saturated rings. The largest absolute Gasteiger partial charge is 0.505 e. The summed E-state index contributed by atoms with van der Waals surface area (Å²) in [5.41, 5.74) is 5.49. The maximum atomic E-state index is 12.9. The van der Waals surface area contributed by atoms with Gasteiger partial charge in [-0.25, -0.2) is 8.78 Å². The van der Waals surface area contributed by atoms with Gasteiger partial charge < -0.3 is 10.8 Å². The Kier molecular flexibility index (Phi) is 3.60. The second-order valence-corrected chi connectivity index (χ2v) is 3.17. The summed E-state index contributed by atoms with van der Waals surface area (Å²) in [6.07, 6.45) is 0.245. The molecule has 0 radical (unpaired) electrons. The fourth-order valence-corrected chi connectivity index (χ4v) is 1.16. The second kappa shape index (κ2) is 4.72. The molecule has 0 aliphatic heterocycles. The number of halogens is 2. The van der Waals surface area contributed by atoms with Gasteiger partial charge >= 0.3 is 0 Å². The molecule has 3 N–H and O–H groups in total. The zero-order valence-electron chi connectivity index (χ0n) is 8.30. The van der Waals surface area contributed by atoms with E-state index in [1.807, 2.05) is 0 Å². The first-order valence-electron chi connectivity index (χ1n) is 4.44. The molecule has 0 heterocycles. The van der Waals surface area contributed by atoms with Crippen LogP contribution in [0, 0.1) is 11.6 Å². The number of hydrogen-bond donors (Lipinski definition) is 2. The van der Waals surface area contributed by atoms with Gasteiger partial charge in [-0.1, -0.05) is 0 Å². The van der Waals surface area contributed by atoms with E-state index >= 15 is 0 Å². The fourth-order valence-electron chi connectivity index (χ4n) is 1.16. The Bertz CT molecular complexity index is 387. The van der Waals surface area contributed by atoms with Crippen LogP contribution in [0.3, 0.4) is 0 Å². The molecule has 15 heavy (non-hydrogen) atoms. The first-order chi connectivity index (χ1) is 7.00. The van der Waals surface area contributed by atoms with Gasteiger partial charge in [-0.15, -0.1) is 0 Å². The number of amidine groups is 1. The minimum absolute atomic E-state index is 0.192. The van der Waals surface area contributed by atoms with Crippen molar-refractivity contribution in [1.29, 1.82) is 0 Å². The standard InChI is InChI=1S/C10H12F2N2O/c1-6(13)14-3-2-7-4-8(11)5-9(12)10(7)15/h4-5,15H,2-3H2,1H3,(H2,13,14)/i11-1,12-1. The first-order valence-corrected chi connectivity index (χ1v) is 4.44. The van der Waals surface area contributed by atoms with Gasteiger partial charge in [0.25, 0.3) is 0 Å². The molecule has 0 bridgehead atoms. The molecule has 1 aromatic rings. The Morgan fingerprint density at radius 2 is 2.13 bits per heavy atom. The van der Waals surface area contributed by atoms with E-state index in [2.05, 4.69) is 4.99 Å². The molecule has 0 aromatic heterocycles. The van der Waals surface area contributed by atoms with Gasteiger partial charge in [-0.2, -0.15) is 0 Å². The third-order valence-corrected chi connectivity index (χ3v) is 1.85. The maximum absolute atomic E-state index is 12.9. The van der Waals surface area contributed by atoms with Crippen molar-refractivity contribution >= 4 is 5.84 Å². The van der Waals surface area contributed by atoms with Crippen LogP contribution in [0.15, 0.2) is 17.1 Å². The highest BCUT2D eigenvalue weighted by molar-refractivity contribution is 5.77. The SMILES string of the molecule is CC(N)=NCCc1cc([18F])cc([18F])c1O. The minimum Gasteiger partial charge on any atom is -0.505 e. The summed E-state index contributed by atoms with van der Waals surface area (Å²) in [6, 6.07) is 1.72. The lowest BCUT2D eigenvalue weighted by Crippen LogP contribution is -2.07. The molecule has 5 heteroatoms. The quantitative estimate of drug-likeness (QED) is 0.590. The summed E-state index contributed by atoms with van der Waals surface area (Å²) < 4.78 is 25.7. The lowest BCUT2D eigenvalue weighted by Gasteiger charge is -2.04. The third kappa shape index (κ3) is 3.19. The Morgan fingerprint density at radius 3 is 2.73 bits per heavy atom. The third-order valence-electron chi connectivity index (χ3n) is 1.85. The average Bonchev–Trinajstić information content (AvgIpc) is 2.12. The Labute approximate surface area is 86.3 Å². The minimum atomic E-state index is -0.960. The smallest absolute Gasteiger partial charge is 0.168 e. The molecule has 0 saturated heterocycles. The van der Waals surface area contributed by atoms with Crippen LogP contribution in [0.1, 0.15) is 12.5 Å². The molecule has 0 saturated carbocycles. The van der Waals surface area contributed by atoms with Crippen molar-refractivity contribution in [1.82, 2.24) is 0 Å². The molecular formula is C10H12F2N2O. The Morgan fingerprint density at radius 1 is 1.47 bits per heavy atom. The molecule has 0 unspecified atom stereocenters. The van der Waals surface area contributed by atoms with Crippen LogP contribution in [-0.4, -0.2) is 17.5 Å². The Hall–Kier alpha value is -1.65. The van der Waals surface area contributed by atoms with Crippen molar-refractivity contribution < 1.29 is 13.9 Å². The highest BCUT2D eigenvalue weighted by Crippen LogP contribution is 2.22. The van der Waals surface area contributed by atoms with Crippen LogP contribution >= 0.6 is 0 Å². The van der Waals surface area contributed by atoms with Crippen molar-refractivity contribution in [2.75, 3.05) is 6.54 Å². The van der Waals surface area contributed by atoms with E-state index in [1.165, 1.54) is 0 Å². The summed E-state index contributed by atoms with van der Waals surface area (Å²) in [6.45, 7) is 1.91. The number of nitrogens with zero attached hydrogens (tertiary/aromatic N) is 1. The van der Waals surface area contributed by atoms with Gasteiger partial charge in [0.05, 0.1) is 5.84 Å². The van der Waals surface area contributed by atoms with E-state index in [-0.39, 0.29) is 12.0 Å². The molecule has 82 valence electrons. The normalized spacial score (nSPS) is 11.8. The highest BCUT2D eigenvalue weighted by atomic mass is 18.2. The average molecular weight is 212 g/mol. The predicted molar refractivity (Wildman–Crippen MR) is 53.9 cm³/mol. The summed E-state index contributed by atoms with van der Waals surface area (Å²) in [4.78, 5) is 3.86. The molecule has 3 nitrogen and oxygen atoms in total. The number of phenolic OH excluding ortho intramolecular Hbond substituents is 1. The van der Waals surface area contributed by atoms with Crippen LogP contribution < -0.4 is 5.73 Å². The topological polar surface area (TPSA) is 58.6 Å². The van der Waals surface area contributed by atoms with E-state index in [0.717, 1.165) is 6.07 Å².